The molecule has 3 unspecified atom stereocenters. The molecule has 7 nitrogen and oxygen atoms in total. The lowest BCUT2D eigenvalue weighted by Crippen LogP contribution is -2.59. The van der Waals surface area contributed by atoms with Crippen molar-refractivity contribution in [3.8, 4) is 0 Å². The summed E-state index contributed by atoms with van der Waals surface area (Å²) in [7, 11) is 0.642. The highest BCUT2D eigenvalue weighted by molar-refractivity contribution is 7.44. The number of hydrogen-bond donors (Lipinski definition) is 1. The highest BCUT2D eigenvalue weighted by atomic mass is 31.2. The third-order valence-corrected chi connectivity index (χ3v) is 8.23. The Hall–Kier alpha value is -0.460. The Morgan fingerprint density at radius 2 is 1.24 bits per heavy atom. The minimum Gasteiger partial charge on any atom is -0.756 e. The molecule has 0 amide bonds. The zero-order valence-electron chi connectivity index (χ0n) is 25.1. The van der Waals surface area contributed by atoms with E-state index in [2.05, 4.69) is 6.92 Å². The molecular formula is C29H60NO6P. The van der Waals surface area contributed by atoms with Crippen LogP contribution >= 0.6 is 7.82 Å². The van der Waals surface area contributed by atoms with Crippen LogP contribution in [-0.4, -0.2) is 48.8 Å². The summed E-state index contributed by atoms with van der Waals surface area (Å²) in [5.41, 5.74) is -1.12. The Bertz CT molecular complexity index is 618. The maximum absolute atomic E-state index is 11.7. The summed E-state index contributed by atoms with van der Waals surface area (Å²) < 4.78 is 22.5. The van der Waals surface area contributed by atoms with E-state index >= 15 is 0 Å². The zero-order valence-corrected chi connectivity index (χ0v) is 26.0. The van der Waals surface area contributed by atoms with E-state index in [9.17, 15) is 19.1 Å². The van der Waals surface area contributed by atoms with E-state index in [1.807, 2.05) is 28.1 Å². The quantitative estimate of drug-likeness (QED) is 0.0416. The molecule has 0 aliphatic heterocycles. The lowest BCUT2D eigenvalue weighted by Gasteiger charge is -2.47. The average Bonchev–Trinajstić information content (AvgIpc) is 2.79. The number of carbonyl (C=O) groups excluding carboxylic acids is 1. The fourth-order valence-corrected chi connectivity index (χ4v) is 6.12. The highest BCUT2D eigenvalue weighted by Crippen LogP contribution is 2.45. The Morgan fingerprint density at radius 3 is 1.57 bits per heavy atom. The molecule has 0 rings (SSSR count). The van der Waals surface area contributed by atoms with Crippen molar-refractivity contribution in [1.82, 2.24) is 0 Å². The summed E-state index contributed by atoms with van der Waals surface area (Å²) in [6, 6.07) is 0. The van der Waals surface area contributed by atoms with Crippen LogP contribution in [-0.2, 0) is 18.6 Å². The van der Waals surface area contributed by atoms with Crippen LogP contribution in [0.1, 0.15) is 143 Å². The lowest BCUT2D eigenvalue weighted by atomic mass is 9.89. The van der Waals surface area contributed by atoms with Gasteiger partial charge in [-0.15, -0.1) is 0 Å². The van der Waals surface area contributed by atoms with E-state index in [0.29, 0.717) is 12.8 Å². The monoisotopic (exact) mass is 549 g/mol. The number of hydrogen-bond acceptors (Lipinski definition) is 5. The second-order valence-corrected chi connectivity index (χ2v) is 13.0. The van der Waals surface area contributed by atoms with Crippen molar-refractivity contribution in [3.05, 3.63) is 0 Å². The number of phosphoric acid groups is 1. The molecule has 1 N–H and O–H groups in total. The van der Waals surface area contributed by atoms with Crippen molar-refractivity contribution in [2.75, 3.05) is 27.7 Å². The molecule has 0 aliphatic carbocycles. The molecule has 0 spiro atoms. The summed E-state index contributed by atoms with van der Waals surface area (Å²) in [6.07, 6.45) is 22.6. The van der Waals surface area contributed by atoms with Crippen molar-refractivity contribution >= 4 is 13.8 Å². The third kappa shape index (κ3) is 19.3. The Balaban J connectivity index is 4.30. The predicted molar refractivity (Wildman–Crippen MR) is 151 cm³/mol. The number of rotatable bonds is 25. The highest BCUT2D eigenvalue weighted by Gasteiger charge is 2.47. The largest absolute Gasteiger partial charge is 0.756 e. The van der Waals surface area contributed by atoms with Crippen LogP contribution in [0.2, 0.25) is 0 Å². The van der Waals surface area contributed by atoms with Crippen LogP contribution in [0.15, 0.2) is 0 Å². The molecular weight excluding hydrogens is 489 g/mol. The van der Waals surface area contributed by atoms with Gasteiger partial charge in [-0.2, -0.15) is 0 Å². The smallest absolute Gasteiger partial charge is 0.302 e. The van der Waals surface area contributed by atoms with Gasteiger partial charge in [-0.1, -0.05) is 117 Å². The Morgan fingerprint density at radius 1 is 0.838 bits per heavy atom. The average molecular weight is 550 g/mol. The number of quaternary nitrogens is 1. The van der Waals surface area contributed by atoms with Gasteiger partial charge in [-0.25, -0.2) is 0 Å². The minimum absolute atomic E-state index is 0.0422. The molecule has 0 aromatic carbocycles. The van der Waals surface area contributed by atoms with Crippen molar-refractivity contribution in [2.24, 2.45) is 5.92 Å². The van der Waals surface area contributed by atoms with Crippen LogP contribution < -0.4 is 4.89 Å². The third-order valence-electron chi connectivity index (χ3n) is 7.66. The Kier molecular flexibility index (Phi) is 20.2. The molecule has 37 heavy (non-hydrogen) atoms. The van der Waals surface area contributed by atoms with Gasteiger partial charge in [0.05, 0.1) is 27.7 Å². The van der Waals surface area contributed by atoms with Crippen molar-refractivity contribution in [2.45, 2.75) is 148 Å². The number of carbonyl (C=O) groups is 1. The van der Waals surface area contributed by atoms with Gasteiger partial charge in [-0.3, -0.25) is 13.9 Å². The maximum Gasteiger partial charge on any atom is 0.302 e. The number of nitrogens with zero attached hydrogens (tertiary/aromatic N) is 1. The van der Waals surface area contributed by atoms with Gasteiger partial charge in [-0.05, 0) is 6.42 Å². The van der Waals surface area contributed by atoms with Crippen molar-refractivity contribution in [1.29, 1.82) is 0 Å². The van der Waals surface area contributed by atoms with E-state index in [1.54, 1.807) is 0 Å². The van der Waals surface area contributed by atoms with Gasteiger partial charge < -0.3 is 19.0 Å². The summed E-state index contributed by atoms with van der Waals surface area (Å²) in [5.74, 6) is -0.388. The van der Waals surface area contributed by atoms with Crippen LogP contribution in [0.3, 0.4) is 0 Å². The van der Waals surface area contributed by atoms with Gasteiger partial charge in [0.1, 0.15) is 0 Å². The molecule has 8 heteroatoms. The fourth-order valence-electron chi connectivity index (χ4n) is 5.24. The van der Waals surface area contributed by atoms with Gasteiger partial charge in [0.25, 0.3) is 7.82 Å². The van der Waals surface area contributed by atoms with E-state index in [0.717, 1.165) is 19.3 Å². The molecule has 0 radical (unpaired) electrons. The van der Waals surface area contributed by atoms with E-state index in [1.165, 1.54) is 96.8 Å². The molecule has 0 fully saturated rings. The SMILES string of the molecule is CCCCCCCCCCCCCCCCCCC(COC(C)=O)CC(CC)(OP(=O)([O-])O)[N+](C)(C)C. The molecule has 0 aliphatic rings. The molecule has 0 bridgehead atoms. The number of unbranched alkanes of at least 4 members (excludes halogenated alkanes) is 15. The van der Waals surface area contributed by atoms with Crippen LogP contribution in [0.5, 0.6) is 0 Å². The standard InChI is InChI=1S/C29H60NO6P/c1-7-9-10-11-12-13-14-15-16-17-18-19-20-21-22-23-24-28(26-35-27(3)31)25-29(8-2,30(4,5)6)36-37(32,33)34/h28H,7-26H2,1-6H3,(H-,32,33,34). The van der Waals surface area contributed by atoms with E-state index < -0.39 is 13.5 Å². The maximum atomic E-state index is 11.7. The van der Waals surface area contributed by atoms with Crippen LogP contribution in [0.4, 0.5) is 0 Å². The van der Waals surface area contributed by atoms with Gasteiger partial charge in [0, 0.05) is 25.7 Å². The second-order valence-electron chi connectivity index (χ2n) is 11.8. The fraction of sp³-hybridized carbons (Fsp3) is 0.966. The molecule has 0 saturated carbocycles. The van der Waals surface area contributed by atoms with Gasteiger partial charge >= 0.3 is 5.97 Å². The Labute approximate surface area is 228 Å². The first-order chi connectivity index (χ1) is 17.4. The number of ether oxygens (including phenoxy) is 1. The minimum atomic E-state index is -4.93. The molecule has 222 valence electrons. The zero-order chi connectivity index (χ0) is 28.2. The normalized spacial score (nSPS) is 16.2. The summed E-state index contributed by atoms with van der Waals surface area (Å²) in [6.45, 7) is 5.74. The molecule has 3 atom stereocenters. The first-order valence-corrected chi connectivity index (χ1v) is 16.6. The van der Waals surface area contributed by atoms with Gasteiger partial charge in [0.15, 0.2) is 0 Å². The lowest BCUT2D eigenvalue weighted by molar-refractivity contribution is -0.948. The van der Waals surface area contributed by atoms with Gasteiger partial charge in [0.2, 0.25) is 5.72 Å². The molecule has 0 saturated heterocycles. The van der Waals surface area contributed by atoms with Crippen LogP contribution in [0.25, 0.3) is 0 Å². The first kappa shape index (κ1) is 36.5. The number of phosphoric ester groups is 1. The molecule has 0 aromatic rings. The predicted octanol–water partition coefficient (Wildman–Crippen LogP) is 7.50. The van der Waals surface area contributed by atoms with Crippen LogP contribution in [0, 0.1) is 5.92 Å². The second kappa shape index (κ2) is 20.4. The topological polar surface area (TPSA) is 95.9 Å². The van der Waals surface area contributed by atoms with E-state index in [-0.39, 0.29) is 23.0 Å². The molecule has 0 heterocycles. The first-order valence-electron chi connectivity index (χ1n) is 15.1. The van der Waals surface area contributed by atoms with E-state index in [4.69, 9.17) is 9.26 Å². The summed E-state index contributed by atoms with van der Waals surface area (Å²) in [4.78, 5) is 32.6. The number of esters is 1. The summed E-state index contributed by atoms with van der Waals surface area (Å²) in [5, 5.41) is 0. The summed E-state index contributed by atoms with van der Waals surface area (Å²) >= 11 is 0. The molecule has 0 aromatic heterocycles. The van der Waals surface area contributed by atoms with Crippen molar-refractivity contribution < 1.29 is 32.9 Å². The van der Waals surface area contributed by atoms with Crippen molar-refractivity contribution in [3.63, 3.8) is 0 Å².